The lowest BCUT2D eigenvalue weighted by Gasteiger charge is -2.34. The van der Waals surface area contributed by atoms with Crippen LogP contribution in [0.25, 0.3) is 0 Å². The highest BCUT2D eigenvalue weighted by Gasteiger charge is 2.19. The summed E-state index contributed by atoms with van der Waals surface area (Å²) in [7, 11) is 0. The van der Waals surface area contributed by atoms with Crippen LogP contribution in [0.5, 0.6) is 0 Å². The molecule has 25 heavy (non-hydrogen) atoms. The minimum atomic E-state index is 0.751. The number of nitrogens with one attached hydrogen (secondary N) is 2. The first-order chi connectivity index (χ1) is 12.3. The smallest absolute Gasteiger partial charge is 0.191 e. The van der Waals surface area contributed by atoms with Gasteiger partial charge in [0.1, 0.15) is 12.2 Å². The minimum absolute atomic E-state index is 0.751. The van der Waals surface area contributed by atoms with E-state index in [1.807, 2.05) is 0 Å². The molecule has 0 amide bonds. The van der Waals surface area contributed by atoms with Gasteiger partial charge in [-0.3, -0.25) is 9.89 Å². The first-order valence-electron chi connectivity index (χ1n) is 9.91. The van der Waals surface area contributed by atoms with Crippen LogP contribution in [-0.4, -0.2) is 64.4 Å². The molecule has 1 aliphatic rings. The van der Waals surface area contributed by atoms with Crippen molar-refractivity contribution >= 4 is 5.96 Å². The highest BCUT2D eigenvalue weighted by atomic mass is 15.3. The third kappa shape index (κ3) is 6.30. The topological polar surface area (TPSA) is 70.4 Å². The van der Waals surface area contributed by atoms with E-state index < -0.39 is 0 Å². The second kappa shape index (κ2) is 11.1. The number of nitrogens with zero attached hydrogens (tertiary/aromatic N) is 5. The Kier molecular flexibility index (Phi) is 8.72. The highest BCUT2D eigenvalue weighted by molar-refractivity contribution is 5.79. The van der Waals surface area contributed by atoms with Crippen LogP contribution in [0.15, 0.2) is 11.3 Å². The number of rotatable bonds is 9. The zero-order valence-electron chi connectivity index (χ0n) is 16.2. The number of hydrogen-bond acceptors (Lipinski definition) is 4. The highest BCUT2D eigenvalue weighted by Crippen LogP contribution is 2.18. The summed E-state index contributed by atoms with van der Waals surface area (Å²) in [5.74, 6) is 1.93. The van der Waals surface area contributed by atoms with Crippen molar-refractivity contribution in [3.8, 4) is 0 Å². The number of hydrogen-bond donors (Lipinski definition) is 2. The second-order valence-corrected chi connectivity index (χ2v) is 6.58. The van der Waals surface area contributed by atoms with E-state index in [4.69, 9.17) is 4.99 Å². The lowest BCUT2D eigenvalue weighted by atomic mass is 10.0. The maximum Gasteiger partial charge on any atom is 0.191 e. The third-order valence-electron chi connectivity index (χ3n) is 4.88. The molecular formula is C18H35N7. The molecule has 0 bridgehead atoms. The Morgan fingerprint density at radius 1 is 1.24 bits per heavy atom. The van der Waals surface area contributed by atoms with Gasteiger partial charge in [0.05, 0.1) is 6.54 Å². The van der Waals surface area contributed by atoms with Crippen molar-refractivity contribution in [3.63, 3.8) is 0 Å². The molecule has 2 heterocycles. The average molecular weight is 350 g/mol. The molecule has 1 unspecified atom stereocenters. The lowest BCUT2D eigenvalue weighted by molar-refractivity contribution is 0.148. The number of aromatic nitrogens is 3. The van der Waals surface area contributed by atoms with E-state index in [0.29, 0.717) is 0 Å². The summed E-state index contributed by atoms with van der Waals surface area (Å²) in [6.45, 7) is 12.2. The predicted octanol–water partition coefficient (Wildman–Crippen LogP) is 1.66. The predicted molar refractivity (Wildman–Crippen MR) is 103 cm³/mol. The fraction of sp³-hybridized carbons (Fsp3) is 0.833. The van der Waals surface area contributed by atoms with E-state index in [1.165, 1.54) is 32.2 Å². The lowest BCUT2D eigenvalue weighted by Crippen LogP contribution is -2.42. The SMILES string of the molecule is CCNC(=NCCN1CCCCC1CC)NCCn1cnnc1CC. The van der Waals surface area contributed by atoms with Gasteiger partial charge in [-0.1, -0.05) is 20.3 Å². The van der Waals surface area contributed by atoms with Crippen molar-refractivity contribution in [2.24, 2.45) is 4.99 Å². The van der Waals surface area contributed by atoms with Gasteiger partial charge in [-0.2, -0.15) is 0 Å². The molecule has 1 fully saturated rings. The Balaban J connectivity index is 1.77. The summed E-state index contributed by atoms with van der Waals surface area (Å²) in [4.78, 5) is 7.36. The number of likely N-dealkylation sites (tertiary alicyclic amines) is 1. The fourth-order valence-corrected chi connectivity index (χ4v) is 3.48. The molecule has 1 aliphatic heterocycles. The Labute approximate surface area is 152 Å². The maximum atomic E-state index is 4.75. The van der Waals surface area contributed by atoms with Gasteiger partial charge in [0.2, 0.25) is 0 Å². The Hall–Kier alpha value is -1.63. The van der Waals surface area contributed by atoms with Gasteiger partial charge < -0.3 is 15.2 Å². The van der Waals surface area contributed by atoms with Gasteiger partial charge in [-0.15, -0.1) is 10.2 Å². The Bertz CT molecular complexity index is 511. The van der Waals surface area contributed by atoms with Crippen LogP contribution < -0.4 is 10.6 Å². The van der Waals surface area contributed by atoms with Crippen LogP contribution in [0.3, 0.4) is 0 Å². The van der Waals surface area contributed by atoms with Crippen LogP contribution in [0.4, 0.5) is 0 Å². The monoisotopic (exact) mass is 349 g/mol. The molecule has 2 rings (SSSR count). The summed E-state index contributed by atoms with van der Waals surface area (Å²) in [5.41, 5.74) is 0. The van der Waals surface area contributed by atoms with E-state index in [9.17, 15) is 0 Å². The summed E-state index contributed by atoms with van der Waals surface area (Å²) in [5, 5.41) is 14.8. The molecule has 0 aliphatic carbocycles. The molecule has 1 aromatic rings. The van der Waals surface area contributed by atoms with Crippen molar-refractivity contribution < 1.29 is 0 Å². The first kappa shape index (κ1) is 19.7. The standard InChI is InChI=1S/C18H35N7/c1-4-16-9-7-8-12-24(16)13-10-20-18(19-6-3)21-11-14-25-15-22-23-17(25)5-2/h15-16H,4-14H2,1-3H3,(H2,19,20,21). The zero-order chi connectivity index (χ0) is 17.9. The van der Waals surface area contributed by atoms with Crippen molar-refractivity contribution in [1.29, 1.82) is 0 Å². The van der Waals surface area contributed by atoms with E-state index in [1.54, 1.807) is 6.33 Å². The van der Waals surface area contributed by atoms with Crippen LogP contribution in [-0.2, 0) is 13.0 Å². The van der Waals surface area contributed by atoms with E-state index in [0.717, 1.165) is 57.0 Å². The van der Waals surface area contributed by atoms with Gasteiger partial charge in [0, 0.05) is 38.6 Å². The molecule has 1 atom stereocenters. The minimum Gasteiger partial charge on any atom is -0.357 e. The summed E-state index contributed by atoms with van der Waals surface area (Å²) in [6, 6.07) is 0.751. The molecule has 7 nitrogen and oxygen atoms in total. The number of piperidine rings is 1. The van der Waals surface area contributed by atoms with Crippen LogP contribution >= 0.6 is 0 Å². The quantitative estimate of drug-likeness (QED) is 0.524. The number of aliphatic imine (C=N–C) groups is 1. The molecule has 0 aromatic carbocycles. The molecule has 0 radical (unpaired) electrons. The molecule has 2 N–H and O–H groups in total. The van der Waals surface area contributed by atoms with Crippen LogP contribution in [0.1, 0.15) is 52.3 Å². The fourth-order valence-electron chi connectivity index (χ4n) is 3.48. The van der Waals surface area contributed by atoms with Crippen molar-refractivity contribution in [1.82, 2.24) is 30.3 Å². The van der Waals surface area contributed by atoms with Gasteiger partial charge in [0.15, 0.2) is 5.96 Å². The third-order valence-corrected chi connectivity index (χ3v) is 4.88. The molecule has 0 saturated carbocycles. The second-order valence-electron chi connectivity index (χ2n) is 6.58. The molecule has 142 valence electrons. The Morgan fingerprint density at radius 2 is 2.12 bits per heavy atom. The van der Waals surface area contributed by atoms with Gasteiger partial charge >= 0.3 is 0 Å². The Morgan fingerprint density at radius 3 is 2.88 bits per heavy atom. The van der Waals surface area contributed by atoms with Gasteiger partial charge in [-0.25, -0.2) is 0 Å². The molecule has 0 spiro atoms. The number of guanidine groups is 1. The largest absolute Gasteiger partial charge is 0.357 e. The van der Waals surface area contributed by atoms with Crippen molar-refractivity contribution in [2.45, 2.75) is 65.5 Å². The van der Waals surface area contributed by atoms with Crippen molar-refractivity contribution in [2.75, 3.05) is 32.7 Å². The molecule has 1 saturated heterocycles. The van der Waals surface area contributed by atoms with E-state index in [2.05, 4.69) is 51.1 Å². The van der Waals surface area contributed by atoms with Crippen LogP contribution in [0.2, 0.25) is 0 Å². The van der Waals surface area contributed by atoms with Gasteiger partial charge in [-0.05, 0) is 32.7 Å². The summed E-state index contributed by atoms with van der Waals surface area (Å²) < 4.78 is 2.09. The van der Waals surface area contributed by atoms with Gasteiger partial charge in [0.25, 0.3) is 0 Å². The molecule has 1 aromatic heterocycles. The molecule has 7 heteroatoms. The zero-order valence-corrected chi connectivity index (χ0v) is 16.2. The first-order valence-corrected chi connectivity index (χ1v) is 9.91. The number of aryl methyl sites for hydroxylation is 1. The van der Waals surface area contributed by atoms with Crippen LogP contribution in [0, 0.1) is 0 Å². The summed E-state index contributed by atoms with van der Waals surface area (Å²) in [6.07, 6.45) is 8.01. The normalized spacial score (nSPS) is 19.2. The maximum absolute atomic E-state index is 4.75. The molecular weight excluding hydrogens is 314 g/mol. The summed E-state index contributed by atoms with van der Waals surface area (Å²) >= 11 is 0. The van der Waals surface area contributed by atoms with Crippen molar-refractivity contribution in [3.05, 3.63) is 12.2 Å². The van der Waals surface area contributed by atoms with E-state index in [-0.39, 0.29) is 0 Å². The van der Waals surface area contributed by atoms with E-state index >= 15 is 0 Å². The average Bonchev–Trinajstić information content (AvgIpc) is 3.09.